The highest BCUT2D eigenvalue weighted by molar-refractivity contribution is 5.84. The first kappa shape index (κ1) is 12.9. The number of nitrogens with zero attached hydrogens (tertiary/aromatic N) is 4. The van der Waals surface area contributed by atoms with Gasteiger partial charge in [0.2, 0.25) is 0 Å². The van der Waals surface area contributed by atoms with Crippen molar-refractivity contribution in [2.75, 3.05) is 0 Å². The summed E-state index contributed by atoms with van der Waals surface area (Å²) in [5, 5.41) is 5.50. The Kier molecular flexibility index (Phi) is 3.52. The summed E-state index contributed by atoms with van der Waals surface area (Å²) in [6.45, 7) is 4.32. The van der Waals surface area contributed by atoms with Crippen LogP contribution in [0.1, 0.15) is 24.7 Å². The SMILES string of the molecule is CCCn1ncnc1Cn1cc(CN)c2ccccc21. The molecule has 5 heteroatoms. The summed E-state index contributed by atoms with van der Waals surface area (Å²) in [6.07, 6.45) is 4.80. The van der Waals surface area contributed by atoms with Crippen LogP contribution in [0.5, 0.6) is 0 Å². The highest BCUT2D eigenvalue weighted by atomic mass is 15.3. The fourth-order valence-electron chi connectivity index (χ4n) is 2.58. The molecule has 0 amide bonds. The predicted molar refractivity (Wildman–Crippen MR) is 79.2 cm³/mol. The first-order valence-electron chi connectivity index (χ1n) is 6.97. The Morgan fingerprint density at radius 3 is 2.90 bits per heavy atom. The van der Waals surface area contributed by atoms with Crippen LogP contribution >= 0.6 is 0 Å². The van der Waals surface area contributed by atoms with Crippen molar-refractivity contribution in [3.8, 4) is 0 Å². The van der Waals surface area contributed by atoms with E-state index >= 15 is 0 Å². The van der Waals surface area contributed by atoms with Crippen molar-refractivity contribution in [1.29, 1.82) is 0 Å². The number of hydrogen-bond acceptors (Lipinski definition) is 3. The van der Waals surface area contributed by atoms with E-state index in [0.29, 0.717) is 6.54 Å². The predicted octanol–water partition coefficient (Wildman–Crippen LogP) is 2.15. The number of benzene rings is 1. The highest BCUT2D eigenvalue weighted by Gasteiger charge is 2.10. The molecule has 2 N–H and O–H groups in total. The van der Waals surface area contributed by atoms with Gasteiger partial charge in [-0.25, -0.2) is 9.67 Å². The van der Waals surface area contributed by atoms with Gasteiger partial charge in [0.25, 0.3) is 0 Å². The molecule has 0 unspecified atom stereocenters. The molecule has 2 heterocycles. The lowest BCUT2D eigenvalue weighted by atomic mass is 10.2. The van der Waals surface area contributed by atoms with E-state index in [0.717, 1.165) is 25.3 Å². The summed E-state index contributed by atoms with van der Waals surface area (Å²) in [5.41, 5.74) is 8.20. The summed E-state index contributed by atoms with van der Waals surface area (Å²) >= 11 is 0. The number of para-hydroxylation sites is 1. The molecule has 0 radical (unpaired) electrons. The number of rotatable bonds is 5. The van der Waals surface area contributed by atoms with Gasteiger partial charge in [-0.05, 0) is 18.1 Å². The average molecular weight is 269 g/mol. The zero-order valence-corrected chi connectivity index (χ0v) is 11.7. The van der Waals surface area contributed by atoms with Crippen LogP contribution in [0.2, 0.25) is 0 Å². The first-order valence-corrected chi connectivity index (χ1v) is 6.97. The van der Waals surface area contributed by atoms with Crippen LogP contribution in [-0.2, 0) is 19.6 Å². The van der Waals surface area contributed by atoms with Crippen molar-refractivity contribution < 1.29 is 0 Å². The topological polar surface area (TPSA) is 61.7 Å². The summed E-state index contributed by atoms with van der Waals surface area (Å²) in [7, 11) is 0. The second-order valence-electron chi connectivity index (χ2n) is 4.90. The molecule has 104 valence electrons. The Labute approximate surface area is 118 Å². The van der Waals surface area contributed by atoms with Gasteiger partial charge in [-0.3, -0.25) is 0 Å². The van der Waals surface area contributed by atoms with Crippen LogP contribution in [0.15, 0.2) is 36.8 Å². The zero-order chi connectivity index (χ0) is 13.9. The molecule has 0 spiro atoms. The molecule has 0 saturated heterocycles. The maximum atomic E-state index is 5.83. The molecule has 3 rings (SSSR count). The fraction of sp³-hybridized carbons (Fsp3) is 0.333. The molecule has 0 atom stereocenters. The smallest absolute Gasteiger partial charge is 0.146 e. The van der Waals surface area contributed by atoms with Gasteiger partial charge < -0.3 is 10.3 Å². The number of nitrogens with two attached hydrogens (primary N) is 1. The molecule has 0 fully saturated rings. The van der Waals surface area contributed by atoms with E-state index in [1.165, 1.54) is 16.5 Å². The number of aromatic nitrogens is 4. The van der Waals surface area contributed by atoms with Crippen LogP contribution in [-0.4, -0.2) is 19.3 Å². The molecule has 0 aliphatic heterocycles. The van der Waals surface area contributed by atoms with Crippen LogP contribution in [0.25, 0.3) is 10.9 Å². The van der Waals surface area contributed by atoms with Crippen molar-refractivity contribution in [2.24, 2.45) is 5.73 Å². The summed E-state index contributed by atoms with van der Waals surface area (Å²) in [6, 6.07) is 8.33. The van der Waals surface area contributed by atoms with E-state index < -0.39 is 0 Å². The van der Waals surface area contributed by atoms with E-state index in [1.54, 1.807) is 6.33 Å². The van der Waals surface area contributed by atoms with Crippen LogP contribution in [0.3, 0.4) is 0 Å². The van der Waals surface area contributed by atoms with Crippen molar-refractivity contribution in [2.45, 2.75) is 33.0 Å². The number of hydrogen-bond donors (Lipinski definition) is 1. The molecule has 5 nitrogen and oxygen atoms in total. The normalized spacial score (nSPS) is 11.3. The Bertz CT molecular complexity index is 710. The van der Waals surface area contributed by atoms with E-state index in [1.807, 2.05) is 10.7 Å². The Hall–Kier alpha value is -2.14. The largest absolute Gasteiger partial charge is 0.340 e. The van der Waals surface area contributed by atoms with Crippen molar-refractivity contribution >= 4 is 10.9 Å². The molecular weight excluding hydrogens is 250 g/mol. The summed E-state index contributed by atoms with van der Waals surface area (Å²) in [4.78, 5) is 4.37. The molecule has 2 aromatic heterocycles. The lowest BCUT2D eigenvalue weighted by Crippen LogP contribution is -2.09. The van der Waals surface area contributed by atoms with Crippen LogP contribution in [0.4, 0.5) is 0 Å². The van der Waals surface area contributed by atoms with Gasteiger partial charge in [-0.15, -0.1) is 0 Å². The minimum Gasteiger partial charge on any atom is -0.340 e. The molecule has 0 saturated carbocycles. The monoisotopic (exact) mass is 269 g/mol. The molecule has 0 aliphatic rings. The van der Waals surface area contributed by atoms with E-state index in [4.69, 9.17) is 5.73 Å². The number of fused-ring (bicyclic) bond motifs is 1. The third-order valence-electron chi connectivity index (χ3n) is 3.53. The lowest BCUT2D eigenvalue weighted by Gasteiger charge is -2.07. The van der Waals surface area contributed by atoms with Crippen LogP contribution in [0, 0.1) is 0 Å². The van der Waals surface area contributed by atoms with E-state index in [2.05, 4.69) is 46.0 Å². The maximum Gasteiger partial charge on any atom is 0.146 e. The standard InChI is InChI=1S/C15H19N5/c1-2-7-20-15(17-11-18-20)10-19-9-12(8-16)13-5-3-4-6-14(13)19/h3-6,9,11H,2,7-8,10,16H2,1H3. The Balaban J connectivity index is 2.00. The van der Waals surface area contributed by atoms with Crippen LogP contribution < -0.4 is 5.73 Å². The van der Waals surface area contributed by atoms with Crippen molar-refractivity contribution in [3.63, 3.8) is 0 Å². The Morgan fingerprint density at radius 2 is 2.10 bits per heavy atom. The average Bonchev–Trinajstić information content (AvgIpc) is 3.05. The maximum absolute atomic E-state index is 5.83. The minimum atomic E-state index is 0.551. The minimum absolute atomic E-state index is 0.551. The molecular formula is C15H19N5. The van der Waals surface area contributed by atoms with E-state index in [-0.39, 0.29) is 0 Å². The van der Waals surface area contributed by atoms with Gasteiger partial charge >= 0.3 is 0 Å². The Morgan fingerprint density at radius 1 is 1.25 bits per heavy atom. The van der Waals surface area contributed by atoms with Gasteiger partial charge in [-0.1, -0.05) is 25.1 Å². The highest BCUT2D eigenvalue weighted by Crippen LogP contribution is 2.21. The first-order chi connectivity index (χ1) is 9.83. The third kappa shape index (κ3) is 2.20. The molecule has 1 aromatic carbocycles. The fourth-order valence-corrected chi connectivity index (χ4v) is 2.58. The van der Waals surface area contributed by atoms with E-state index in [9.17, 15) is 0 Å². The lowest BCUT2D eigenvalue weighted by molar-refractivity contribution is 0.557. The van der Waals surface area contributed by atoms with Gasteiger partial charge in [-0.2, -0.15) is 5.10 Å². The second-order valence-corrected chi connectivity index (χ2v) is 4.90. The number of aryl methyl sites for hydroxylation is 1. The summed E-state index contributed by atoms with van der Waals surface area (Å²) < 4.78 is 4.17. The zero-order valence-electron chi connectivity index (χ0n) is 11.7. The van der Waals surface area contributed by atoms with Crippen molar-refractivity contribution in [1.82, 2.24) is 19.3 Å². The third-order valence-corrected chi connectivity index (χ3v) is 3.53. The second kappa shape index (κ2) is 5.46. The molecule has 0 aliphatic carbocycles. The van der Waals surface area contributed by atoms with Crippen molar-refractivity contribution in [3.05, 3.63) is 48.2 Å². The van der Waals surface area contributed by atoms with Gasteiger partial charge in [0, 0.05) is 30.2 Å². The molecule has 3 aromatic rings. The van der Waals surface area contributed by atoms with Gasteiger partial charge in [0.1, 0.15) is 12.2 Å². The van der Waals surface area contributed by atoms with Gasteiger partial charge in [0.15, 0.2) is 0 Å². The van der Waals surface area contributed by atoms with Gasteiger partial charge in [0.05, 0.1) is 6.54 Å². The molecule has 20 heavy (non-hydrogen) atoms. The molecule has 0 bridgehead atoms. The summed E-state index contributed by atoms with van der Waals surface area (Å²) in [5.74, 6) is 0.983. The quantitative estimate of drug-likeness (QED) is 0.772.